The van der Waals surface area contributed by atoms with Gasteiger partial charge in [0.05, 0.1) is 10.2 Å². The van der Waals surface area contributed by atoms with Crippen molar-refractivity contribution in [2.24, 2.45) is 0 Å². The number of halogens is 3. The van der Waals surface area contributed by atoms with Crippen LogP contribution in [0.4, 0.5) is 13.2 Å². The van der Waals surface area contributed by atoms with Gasteiger partial charge in [0, 0.05) is 30.1 Å². The molecule has 3 unspecified atom stereocenters. The van der Waals surface area contributed by atoms with Crippen molar-refractivity contribution in [1.29, 1.82) is 0 Å². The van der Waals surface area contributed by atoms with Crippen LogP contribution in [0.5, 0.6) is 0 Å². The monoisotopic (exact) mass is 415 g/mol. The third-order valence-corrected chi connectivity index (χ3v) is 6.68. The number of aromatic nitrogens is 1. The van der Waals surface area contributed by atoms with E-state index >= 15 is 0 Å². The first kappa shape index (κ1) is 19.3. The number of rotatable bonds is 2. The van der Waals surface area contributed by atoms with Crippen molar-refractivity contribution in [3.8, 4) is 0 Å². The third-order valence-electron chi connectivity index (χ3n) is 5.68. The SMILES string of the molecule is Cc1cc2[nH]c(C(=O)N3CC4CCC3CN4C(=O)C(C)(O)C(F)(F)F)cc2s1. The molecule has 3 aliphatic heterocycles. The van der Waals surface area contributed by atoms with E-state index in [1.165, 1.54) is 0 Å². The minimum absolute atomic E-state index is 0.00431. The van der Waals surface area contributed by atoms with Crippen LogP contribution in [0.1, 0.15) is 35.1 Å². The topological polar surface area (TPSA) is 76.6 Å². The summed E-state index contributed by atoms with van der Waals surface area (Å²) in [4.78, 5) is 32.2. The van der Waals surface area contributed by atoms with Crippen LogP contribution >= 0.6 is 11.3 Å². The van der Waals surface area contributed by atoms with Crippen molar-refractivity contribution in [2.75, 3.05) is 13.1 Å². The molecule has 0 radical (unpaired) electrons. The highest BCUT2D eigenvalue weighted by Crippen LogP contribution is 2.37. The molecule has 2 amide bonds. The highest BCUT2D eigenvalue weighted by atomic mass is 32.1. The number of piperidine rings is 2. The van der Waals surface area contributed by atoms with E-state index in [1.54, 1.807) is 22.3 Å². The summed E-state index contributed by atoms with van der Waals surface area (Å²) in [5.74, 6) is -1.57. The molecule has 2 aromatic heterocycles. The lowest BCUT2D eigenvalue weighted by Gasteiger charge is -2.52. The zero-order valence-electron chi connectivity index (χ0n) is 15.3. The average Bonchev–Trinajstić information content (AvgIpc) is 3.17. The number of aryl methyl sites for hydroxylation is 1. The Hall–Kier alpha value is -2.07. The highest BCUT2D eigenvalue weighted by molar-refractivity contribution is 7.19. The Morgan fingerprint density at radius 1 is 1.18 bits per heavy atom. The average molecular weight is 415 g/mol. The van der Waals surface area contributed by atoms with Gasteiger partial charge in [-0.2, -0.15) is 13.2 Å². The van der Waals surface area contributed by atoms with E-state index in [9.17, 15) is 27.9 Å². The molecule has 2 aromatic rings. The maximum Gasteiger partial charge on any atom is 0.426 e. The van der Waals surface area contributed by atoms with Crippen molar-refractivity contribution in [2.45, 2.75) is 50.6 Å². The number of amides is 2. The normalized spacial score (nSPS) is 24.6. The van der Waals surface area contributed by atoms with Gasteiger partial charge >= 0.3 is 6.18 Å². The second-order valence-corrected chi connectivity index (χ2v) is 8.98. The number of nitrogens with one attached hydrogen (secondary N) is 1. The molecule has 5 heterocycles. The quantitative estimate of drug-likeness (QED) is 0.792. The van der Waals surface area contributed by atoms with Gasteiger partial charge in [-0.1, -0.05) is 0 Å². The van der Waals surface area contributed by atoms with Crippen LogP contribution in [-0.2, 0) is 4.79 Å². The fourth-order valence-corrected chi connectivity index (χ4v) is 4.97. The zero-order valence-corrected chi connectivity index (χ0v) is 16.2. The first-order valence-electron chi connectivity index (χ1n) is 8.99. The molecule has 3 aliphatic rings. The van der Waals surface area contributed by atoms with Gasteiger partial charge in [-0.25, -0.2) is 0 Å². The summed E-state index contributed by atoms with van der Waals surface area (Å²) in [6.45, 7) is 2.61. The van der Waals surface area contributed by atoms with Gasteiger partial charge in [-0.15, -0.1) is 11.3 Å². The van der Waals surface area contributed by atoms with Crippen molar-refractivity contribution in [1.82, 2.24) is 14.8 Å². The fraction of sp³-hybridized carbons (Fsp3) is 0.556. The van der Waals surface area contributed by atoms with Gasteiger partial charge in [-0.05, 0) is 38.8 Å². The van der Waals surface area contributed by atoms with E-state index in [4.69, 9.17) is 0 Å². The van der Waals surface area contributed by atoms with Crippen LogP contribution in [0, 0.1) is 6.92 Å². The number of carbonyl (C=O) groups is 2. The van der Waals surface area contributed by atoms with E-state index in [0.717, 1.165) is 20.0 Å². The van der Waals surface area contributed by atoms with Crippen molar-refractivity contribution >= 4 is 33.4 Å². The number of carbonyl (C=O) groups excluding carboxylic acids is 2. The number of aromatic amines is 1. The molecule has 0 aliphatic carbocycles. The number of H-pyrrole nitrogens is 1. The number of fused-ring (bicyclic) bond motifs is 4. The Bertz CT molecular complexity index is 917. The first-order valence-corrected chi connectivity index (χ1v) is 9.81. The number of nitrogens with zero attached hydrogens (tertiary/aromatic N) is 2. The molecular weight excluding hydrogens is 395 g/mol. The lowest BCUT2D eigenvalue weighted by atomic mass is 9.88. The predicted octanol–water partition coefficient (Wildman–Crippen LogP) is 2.67. The molecule has 0 aromatic carbocycles. The minimum Gasteiger partial charge on any atom is -0.373 e. The van der Waals surface area contributed by atoms with Crippen LogP contribution in [0.15, 0.2) is 12.1 Å². The number of hydrogen-bond acceptors (Lipinski definition) is 4. The molecule has 28 heavy (non-hydrogen) atoms. The zero-order chi connectivity index (χ0) is 20.4. The largest absolute Gasteiger partial charge is 0.426 e. The summed E-state index contributed by atoms with van der Waals surface area (Å²) >= 11 is 1.57. The summed E-state index contributed by atoms with van der Waals surface area (Å²) in [6, 6.07) is 2.84. The first-order chi connectivity index (χ1) is 13.0. The molecule has 0 spiro atoms. The molecular formula is C18H20F3N3O3S. The van der Waals surface area contributed by atoms with Crippen LogP contribution in [0.2, 0.25) is 0 Å². The van der Waals surface area contributed by atoms with E-state index in [0.29, 0.717) is 25.5 Å². The Labute approximate surface area is 162 Å². The summed E-state index contributed by atoms with van der Waals surface area (Å²) in [6.07, 6.45) is -3.93. The predicted molar refractivity (Wildman–Crippen MR) is 97.2 cm³/mol. The Kier molecular flexibility index (Phi) is 4.27. The van der Waals surface area contributed by atoms with Gasteiger partial charge in [0.15, 0.2) is 0 Å². The standard InChI is InChI=1S/C18H20F3N3O3S/c1-9-5-12-14(28-9)6-13(22-12)15(25)23-7-11-4-3-10(23)8-24(11)16(26)17(2,27)18(19,20)21/h5-6,10-11,22,27H,3-4,7-8H2,1-2H3. The number of piperazine rings is 1. The van der Waals surface area contributed by atoms with Gasteiger partial charge < -0.3 is 19.9 Å². The third kappa shape index (κ3) is 2.89. The number of hydrogen-bond donors (Lipinski definition) is 2. The Morgan fingerprint density at radius 3 is 2.32 bits per heavy atom. The minimum atomic E-state index is -5.05. The Morgan fingerprint density at radius 2 is 1.79 bits per heavy atom. The summed E-state index contributed by atoms with van der Waals surface area (Å²) < 4.78 is 40.1. The highest BCUT2D eigenvalue weighted by Gasteiger charge is 2.59. The van der Waals surface area contributed by atoms with E-state index < -0.39 is 23.7 Å². The molecule has 5 rings (SSSR count). The van der Waals surface area contributed by atoms with Crippen LogP contribution in [0.25, 0.3) is 10.2 Å². The van der Waals surface area contributed by atoms with Crippen LogP contribution < -0.4 is 0 Å². The van der Waals surface area contributed by atoms with Gasteiger partial charge in [0.2, 0.25) is 5.60 Å². The number of thiophene rings is 1. The van der Waals surface area contributed by atoms with Crippen molar-refractivity contribution in [3.05, 3.63) is 22.7 Å². The molecule has 6 nitrogen and oxygen atoms in total. The molecule has 152 valence electrons. The molecule has 3 saturated heterocycles. The maximum absolute atomic E-state index is 13.0. The smallest absolute Gasteiger partial charge is 0.373 e. The summed E-state index contributed by atoms with van der Waals surface area (Å²) in [5, 5.41) is 9.73. The number of aliphatic hydroxyl groups is 1. The molecule has 2 N–H and O–H groups in total. The summed E-state index contributed by atoms with van der Waals surface area (Å²) in [5.41, 5.74) is -2.11. The fourth-order valence-electron chi connectivity index (χ4n) is 4.05. The molecule has 3 fully saturated rings. The van der Waals surface area contributed by atoms with Crippen molar-refractivity contribution in [3.63, 3.8) is 0 Å². The van der Waals surface area contributed by atoms with Crippen LogP contribution in [-0.4, -0.2) is 68.7 Å². The lowest BCUT2D eigenvalue weighted by molar-refractivity contribution is -0.253. The molecule has 3 atom stereocenters. The molecule has 10 heteroatoms. The van der Waals surface area contributed by atoms with E-state index in [1.807, 2.05) is 13.0 Å². The summed E-state index contributed by atoms with van der Waals surface area (Å²) in [7, 11) is 0. The second kappa shape index (κ2) is 6.21. The lowest BCUT2D eigenvalue weighted by Crippen LogP contribution is -2.69. The van der Waals surface area contributed by atoms with Crippen molar-refractivity contribution < 1.29 is 27.9 Å². The molecule has 2 bridgehead atoms. The van der Waals surface area contributed by atoms with E-state index in [-0.39, 0.29) is 25.0 Å². The second-order valence-electron chi connectivity index (χ2n) is 7.69. The molecule has 0 saturated carbocycles. The maximum atomic E-state index is 13.0. The number of alkyl halides is 3. The Balaban J connectivity index is 1.53. The van der Waals surface area contributed by atoms with E-state index in [2.05, 4.69) is 4.98 Å². The van der Waals surface area contributed by atoms with Gasteiger partial charge in [0.1, 0.15) is 5.69 Å². The van der Waals surface area contributed by atoms with Gasteiger partial charge in [-0.3, -0.25) is 9.59 Å². The van der Waals surface area contributed by atoms with Gasteiger partial charge in [0.25, 0.3) is 11.8 Å². The van der Waals surface area contributed by atoms with Crippen LogP contribution in [0.3, 0.4) is 0 Å².